The first-order valence-corrected chi connectivity index (χ1v) is 11.0. The molecule has 1 aromatic rings. The van der Waals surface area contributed by atoms with Crippen molar-refractivity contribution in [2.45, 2.75) is 57.9 Å². The second kappa shape index (κ2) is 10.4. The van der Waals surface area contributed by atoms with Gasteiger partial charge in [0.15, 0.2) is 0 Å². The molecule has 2 N–H and O–H groups in total. The number of hydrogen-bond donors (Lipinski definition) is 2. The van der Waals surface area contributed by atoms with E-state index in [-0.39, 0.29) is 12.5 Å². The second-order valence-electron chi connectivity index (χ2n) is 7.17. The van der Waals surface area contributed by atoms with Crippen LogP contribution < -0.4 is 4.72 Å². The Labute approximate surface area is 162 Å². The maximum atomic E-state index is 12.4. The van der Waals surface area contributed by atoms with Gasteiger partial charge in [-0.1, -0.05) is 48.4 Å². The van der Waals surface area contributed by atoms with Gasteiger partial charge in [0.05, 0.1) is 0 Å². The molecule has 6 heteroatoms. The molecular formula is C21H29NO4S. The highest BCUT2D eigenvalue weighted by Crippen LogP contribution is 2.29. The molecule has 0 spiro atoms. The second-order valence-corrected chi connectivity index (χ2v) is 8.77. The Morgan fingerprint density at radius 1 is 1.30 bits per heavy atom. The summed E-state index contributed by atoms with van der Waals surface area (Å²) >= 11 is 0. The van der Waals surface area contributed by atoms with E-state index in [1.165, 1.54) is 5.41 Å². The number of aryl methyl sites for hydroxylation is 1. The van der Waals surface area contributed by atoms with Crippen LogP contribution in [-0.2, 0) is 14.8 Å². The van der Waals surface area contributed by atoms with Crippen molar-refractivity contribution in [1.29, 1.82) is 0 Å². The molecule has 1 saturated carbocycles. The zero-order valence-electron chi connectivity index (χ0n) is 15.8. The third-order valence-electron chi connectivity index (χ3n) is 4.82. The van der Waals surface area contributed by atoms with Gasteiger partial charge < -0.3 is 5.11 Å². The Hall–Kier alpha value is -1.92. The average molecular weight is 392 g/mol. The molecule has 5 nitrogen and oxygen atoms in total. The van der Waals surface area contributed by atoms with E-state index in [0.29, 0.717) is 12.3 Å². The number of aliphatic carboxylic acids is 1. The Morgan fingerprint density at radius 3 is 2.85 bits per heavy atom. The van der Waals surface area contributed by atoms with E-state index in [1.54, 1.807) is 6.08 Å². The Balaban J connectivity index is 1.85. The Morgan fingerprint density at radius 2 is 2.11 bits per heavy atom. The number of carboxylic acids is 1. The molecule has 1 fully saturated rings. The van der Waals surface area contributed by atoms with Gasteiger partial charge in [0.2, 0.25) is 10.0 Å². The van der Waals surface area contributed by atoms with E-state index in [2.05, 4.69) is 10.8 Å². The van der Waals surface area contributed by atoms with Gasteiger partial charge in [0.25, 0.3) is 0 Å². The van der Waals surface area contributed by atoms with Crippen molar-refractivity contribution >= 4 is 22.1 Å². The molecule has 1 aliphatic rings. The summed E-state index contributed by atoms with van der Waals surface area (Å²) in [4.78, 5) is 10.5. The fraction of sp³-hybridized carbons (Fsp3) is 0.476. The minimum atomic E-state index is -3.48. The third kappa shape index (κ3) is 8.10. The fourth-order valence-corrected chi connectivity index (χ4v) is 4.57. The molecular weight excluding hydrogens is 362 g/mol. The van der Waals surface area contributed by atoms with E-state index < -0.39 is 16.0 Å². The van der Waals surface area contributed by atoms with E-state index >= 15 is 0 Å². The molecule has 0 aliphatic heterocycles. The van der Waals surface area contributed by atoms with Crippen LogP contribution in [0.25, 0.3) is 6.08 Å². The van der Waals surface area contributed by atoms with Gasteiger partial charge in [-0.2, -0.15) is 0 Å². The lowest BCUT2D eigenvalue weighted by Crippen LogP contribution is -2.36. The van der Waals surface area contributed by atoms with Crippen LogP contribution in [0.3, 0.4) is 0 Å². The Bertz CT molecular complexity index is 783. The van der Waals surface area contributed by atoms with Crippen LogP contribution in [0.4, 0.5) is 0 Å². The molecule has 2 atom stereocenters. The standard InChI is InChI=1S/C21H29NO4S/c1-17-8-6-9-18(16-17)14-15-27(25,26)22-20-12-7-11-19(20)10-4-2-3-5-13-21(23)24/h2,4,6,8-9,14-16,19-20,22H,3,5,7,10-13H2,1H3,(H,23,24). The fourth-order valence-electron chi connectivity index (χ4n) is 3.43. The highest BCUT2D eigenvalue weighted by molar-refractivity contribution is 7.92. The molecule has 27 heavy (non-hydrogen) atoms. The predicted molar refractivity (Wildman–Crippen MR) is 109 cm³/mol. The SMILES string of the molecule is Cc1cccc(C=CS(=O)(=O)NC2CCCC2CC=CCCCC(=O)O)c1. The van der Waals surface area contributed by atoms with E-state index in [1.807, 2.05) is 37.3 Å². The van der Waals surface area contributed by atoms with Crippen LogP contribution >= 0.6 is 0 Å². The quantitative estimate of drug-likeness (QED) is 0.461. The van der Waals surface area contributed by atoms with Crippen molar-refractivity contribution < 1.29 is 18.3 Å². The number of allylic oxidation sites excluding steroid dienone is 2. The van der Waals surface area contributed by atoms with Gasteiger partial charge in [-0.25, -0.2) is 13.1 Å². The summed E-state index contributed by atoms with van der Waals surface area (Å²) in [6.45, 7) is 1.97. The average Bonchev–Trinajstić information content (AvgIpc) is 3.02. The third-order valence-corrected chi connectivity index (χ3v) is 5.95. The summed E-state index contributed by atoms with van der Waals surface area (Å²) in [6, 6.07) is 7.67. The van der Waals surface area contributed by atoms with Crippen LogP contribution in [0.5, 0.6) is 0 Å². The van der Waals surface area contributed by atoms with Crippen molar-refractivity contribution in [3.63, 3.8) is 0 Å². The van der Waals surface area contributed by atoms with Crippen molar-refractivity contribution in [3.05, 3.63) is 53.0 Å². The number of carbonyl (C=O) groups is 1. The van der Waals surface area contributed by atoms with Crippen LogP contribution in [0, 0.1) is 12.8 Å². The number of carboxylic acid groups (broad SMARTS) is 1. The number of hydrogen-bond acceptors (Lipinski definition) is 3. The largest absolute Gasteiger partial charge is 0.481 e. The first-order valence-electron chi connectivity index (χ1n) is 9.49. The van der Waals surface area contributed by atoms with Crippen molar-refractivity contribution in [1.82, 2.24) is 4.72 Å². The summed E-state index contributed by atoms with van der Waals surface area (Å²) in [5.74, 6) is -0.477. The molecule has 0 amide bonds. The zero-order chi connectivity index (χ0) is 19.7. The topological polar surface area (TPSA) is 83.5 Å². The zero-order valence-corrected chi connectivity index (χ0v) is 16.6. The van der Waals surface area contributed by atoms with Gasteiger partial charge in [0.1, 0.15) is 0 Å². The van der Waals surface area contributed by atoms with Gasteiger partial charge in [-0.05, 0) is 56.6 Å². The van der Waals surface area contributed by atoms with Crippen molar-refractivity contribution in [2.75, 3.05) is 0 Å². The van der Waals surface area contributed by atoms with E-state index in [0.717, 1.165) is 43.2 Å². The molecule has 2 rings (SSSR count). The number of sulfonamides is 1. The van der Waals surface area contributed by atoms with Gasteiger partial charge in [-0.15, -0.1) is 0 Å². The summed E-state index contributed by atoms with van der Waals surface area (Å²) in [6.07, 6.45) is 11.0. The van der Waals surface area contributed by atoms with Crippen LogP contribution in [0.1, 0.15) is 56.1 Å². The predicted octanol–water partition coefficient (Wildman–Crippen LogP) is 4.26. The lowest BCUT2D eigenvalue weighted by atomic mass is 10.00. The molecule has 0 saturated heterocycles. The number of unbranched alkanes of at least 4 members (excludes halogenated alkanes) is 1. The van der Waals surface area contributed by atoms with Gasteiger partial charge >= 0.3 is 5.97 Å². The molecule has 1 aromatic carbocycles. The van der Waals surface area contributed by atoms with E-state index in [9.17, 15) is 13.2 Å². The lowest BCUT2D eigenvalue weighted by molar-refractivity contribution is -0.137. The number of rotatable bonds is 10. The molecule has 0 radical (unpaired) electrons. The number of nitrogens with one attached hydrogen (secondary N) is 1. The minimum Gasteiger partial charge on any atom is -0.481 e. The maximum Gasteiger partial charge on any atom is 0.303 e. The maximum absolute atomic E-state index is 12.4. The first kappa shape index (κ1) is 21.4. The van der Waals surface area contributed by atoms with Gasteiger partial charge in [-0.3, -0.25) is 4.79 Å². The van der Waals surface area contributed by atoms with Crippen LogP contribution in [-0.4, -0.2) is 25.5 Å². The molecule has 148 valence electrons. The highest BCUT2D eigenvalue weighted by Gasteiger charge is 2.28. The highest BCUT2D eigenvalue weighted by atomic mass is 32.2. The molecule has 0 heterocycles. The summed E-state index contributed by atoms with van der Waals surface area (Å²) < 4.78 is 27.6. The van der Waals surface area contributed by atoms with Crippen molar-refractivity contribution in [2.24, 2.45) is 5.92 Å². The normalized spacial score (nSPS) is 20.6. The summed E-state index contributed by atoms with van der Waals surface area (Å²) in [5, 5.41) is 9.87. The van der Waals surface area contributed by atoms with Crippen LogP contribution in [0.2, 0.25) is 0 Å². The summed E-state index contributed by atoms with van der Waals surface area (Å²) in [5.41, 5.74) is 1.96. The smallest absolute Gasteiger partial charge is 0.303 e. The van der Waals surface area contributed by atoms with Crippen molar-refractivity contribution in [3.8, 4) is 0 Å². The molecule has 2 unspecified atom stereocenters. The van der Waals surface area contributed by atoms with Crippen LogP contribution in [0.15, 0.2) is 41.8 Å². The van der Waals surface area contributed by atoms with E-state index in [4.69, 9.17) is 5.11 Å². The van der Waals surface area contributed by atoms with Gasteiger partial charge in [0, 0.05) is 17.9 Å². The monoisotopic (exact) mass is 391 g/mol. The molecule has 1 aliphatic carbocycles. The molecule has 0 aromatic heterocycles. The molecule has 0 bridgehead atoms. The lowest BCUT2D eigenvalue weighted by Gasteiger charge is -2.18. The summed E-state index contributed by atoms with van der Waals surface area (Å²) in [7, 11) is -3.48. The first-order chi connectivity index (χ1) is 12.9. The number of benzene rings is 1. The minimum absolute atomic E-state index is 0.0409. The Kier molecular flexibility index (Phi) is 8.25.